The zero-order valence-corrected chi connectivity index (χ0v) is 22.3. The van der Waals surface area contributed by atoms with Gasteiger partial charge in [-0.3, -0.25) is 4.79 Å². The molecule has 0 saturated carbocycles. The van der Waals surface area contributed by atoms with E-state index in [1.165, 1.54) is 31.2 Å². The number of aromatic hydroxyl groups is 3. The number of aliphatic hydroxyl groups excluding tert-OH is 7. The summed E-state index contributed by atoms with van der Waals surface area (Å²) >= 11 is 0. The lowest BCUT2D eigenvalue weighted by atomic mass is 9.99. The van der Waals surface area contributed by atoms with Crippen molar-refractivity contribution in [3.63, 3.8) is 0 Å². The van der Waals surface area contributed by atoms with Crippen LogP contribution in [-0.2, 0) is 9.47 Å². The van der Waals surface area contributed by atoms with E-state index < -0.39 is 113 Å². The molecule has 0 radical (unpaired) electrons. The molecular formula is C27H30O16. The molecule has 10 atom stereocenters. The van der Waals surface area contributed by atoms with Gasteiger partial charge >= 0.3 is 0 Å². The maximum Gasteiger partial charge on any atom is 0.239 e. The van der Waals surface area contributed by atoms with Crippen LogP contribution in [0, 0.1) is 0 Å². The number of phenolic OH excluding ortho intramolecular Hbond substituents is 3. The molecule has 0 bridgehead atoms. The average molecular weight is 611 g/mol. The molecule has 3 aromatic rings. The summed E-state index contributed by atoms with van der Waals surface area (Å²) in [5.41, 5.74) is -1.61. The first kappa shape index (κ1) is 30.7. The van der Waals surface area contributed by atoms with Gasteiger partial charge in [-0.15, -0.1) is 0 Å². The van der Waals surface area contributed by atoms with Crippen LogP contribution in [0.1, 0.15) is 6.92 Å². The Balaban J connectivity index is 1.67. The van der Waals surface area contributed by atoms with E-state index >= 15 is 0 Å². The summed E-state index contributed by atoms with van der Waals surface area (Å²) in [5.74, 6) is -3.51. The van der Waals surface area contributed by atoms with Gasteiger partial charge in [-0.2, -0.15) is 0 Å². The molecule has 10 N–H and O–H groups in total. The lowest BCUT2D eigenvalue weighted by molar-refractivity contribution is -0.277. The Hall–Kier alpha value is -3.71. The van der Waals surface area contributed by atoms with E-state index in [-0.39, 0.29) is 11.3 Å². The molecule has 16 nitrogen and oxygen atoms in total. The highest BCUT2D eigenvalue weighted by atomic mass is 16.7. The Bertz CT molecular complexity index is 1520. The van der Waals surface area contributed by atoms with Gasteiger partial charge in [0.15, 0.2) is 17.1 Å². The number of aliphatic hydroxyl groups is 7. The zero-order valence-electron chi connectivity index (χ0n) is 22.3. The second kappa shape index (κ2) is 11.8. The Morgan fingerprint density at radius 2 is 1.33 bits per heavy atom. The first-order valence-electron chi connectivity index (χ1n) is 13.0. The quantitative estimate of drug-likeness (QED) is 0.144. The van der Waals surface area contributed by atoms with Crippen LogP contribution < -0.4 is 14.9 Å². The summed E-state index contributed by atoms with van der Waals surface area (Å²) in [5, 5.41) is 101. The highest BCUT2D eigenvalue weighted by Crippen LogP contribution is 2.44. The summed E-state index contributed by atoms with van der Waals surface area (Å²) in [7, 11) is 0. The van der Waals surface area contributed by atoms with Gasteiger partial charge in [0.1, 0.15) is 59.6 Å². The predicted octanol–water partition coefficient (Wildman–Crippen LogP) is -2.04. The van der Waals surface area contributed by atoms with E-state index in [0.717, 1.165) is 0 Å². The third kappa shape index (κ3) is 5.44. The Labute approximate surface area is 241 Å². The molecule has 0 aliphatic carbocycles. The van der Waals surface area contributed by atoms with Crippen molar-refractivity contribution >= 4 is 11.0 Å². The highest BCUT2D eigenvalue weighted by Gasteiger charge is 2.46. The van der Waals surface area contributed by atoms with Gasteiger partial charge in [0, 0.05) is 11.6 Å². The standard InChI is InChI=1S/C27H30O16/c1-8-15(32)18(35)20(37)26(39-8)43-25-17(34)14-11(30)6-12(31)23(24(14)41-22(25)9-2-4-10(29)5-3-9)42-27-21(38)19(36)16(33)13(7-28)40-27/h2-6,8,13,15-16,18-21,26-33,35-38H,7H2,1H3. The number of hydrogen-bond donors (Lipinski definition) is 10. The van der Waals surface area contributed by atoms with Crippen molar-refractivity contribution in [2.75, 3.05) is 6.61 Å². The number of ether oxygens (including phenoxy) is 4. The molecule has 3 heterocycles. The summed E-state index contributed by atoms with van der Waals surface area (Å²) in [6.07, 6.45) is -16.5. The van der Waals surface area contributed by atoms with Crippen LogP contribution in [0.15, 0.2) is 39.5 Å². The third-order valence-corrected chi connectivity index (χ3v) is 7.29. The molecule has 43 heavy (non-hydrogen) atoms. The van der Waals surface area contributed by atoms with Crippen molar-refractivity contribution in [1.29, 1.82) is 0 Å². The molecule has 2 aromatic carbocycles. The number of hydrogen-bond acceptors (Lipinski definition) is 16. The molecule has 2 aliphatic heterocycles. The first-order valence-corrected chi connectivity index (χ1v) is 13.0. The van der Waals surface area contributed by atoms with Crippen molar-refractivity contribution in [3.8, 4) is 40.1 Å². The number of phenols is 3. The number of rotatable bonds is 6. The molecule has 0 amide bonds. The van der Waals surface area contributed by atoms with Crippen molar-refractivity contribution in [1.82, 2.24) is 0 Å². The molecule has 2 aliphatic rings. The van der Waals surface area contributed by atoms with Crippen LogP contribution in [0.3, 0.4) is 0 Å². The Morgan fingerprint density at radius 1 is 0.744 bits per heavy atom. The molecular weight excluding hydrogens is 580 g/mol. The Morgan fingerprint density at radius 3 is 1.95 bits per heavy atom. The first-order chi connectivity index (χ1) is 20.3. The van der Waals surface area contributed by atoms with Crippen LogP contribution in [0.4, 0.5) is 0 Å². The molecule has 10 unspecified atom stereocenters. The van der Waals surface area contributed by atoms with Crippen LogP contribution in [-0.4, -0.2) is 119 Å². The predicted molar refractivity (Wildman–Crippen MR) is 140 cm³/mol. The van der Waals surface area contributed by atoms with Gasteiger partial charge in [0.25, 0.3) is 0 Å². The second-order valence-corrected chi connectivity index (χ2v) is 10.2. The van der Waals surface area contributed by atoms with Crippen molar-refractivity contribution in [2.45, 2.75) is 68.3 Å². The molecule has 0 spiro atoms. The highest BCUT2D eigenvalue weighted by molar-refractivity contribution is 5.93. The minimum atomic E-state index is -1.92. The van der Waals surface area contributed by atoms with Crippen LogP contribution in [0.2, 0.25) is 0 Å². The van der Waals surface area contributed by atoms with Gasteiger partial charge in [-0.25, -0.2) is 0 Å². The van der Waals surface area contributed by atoms with Gasteiger partial charge in [-0.1, -0.05) is 0 Å². The molecule has 2 fully saturated rings. The summed E-state index contributed by atoms with van der Waals surface area (Å²) < 4.78 is 27.9. The molecule has 16 heteroatoms. The van der Waals surface area contributed by atoms with Gasteiger partial charge in [-0.05, 0) is 31.2 Å². The van der Waals surface area contributed by atoms with Crippen molar-refractivity contribution < 1.29 is 74.4 Å². The van der Waals surface area contributed by atoms with Crippen LogP contribution >= 0.6 is 0 Å². The van der Waals surface area contributed by atoms with Gasteiger partial charge in [0.2, 0.25) is 29.5 Å². The maximum absolute atomic E-state index is 13.9. The van der Waals surface area contributed by atoms with E-state index in [0.29, 0.717) is 6.07 Å². The molecule has 2 saturated heterocycles. The fourth-order valence-corrected chi connectivity index (χ4v) is 4.83. The van der Waals surface area contributed by atoms with Crippen LogP contribution in [0.25, 0.3) is 22.3 Å². The fraction of sp³-hybridized carbons (Fsp3) is 0.444. The van der Waals surface area contributed by atoms with Gasteiger partial charge in [0.05, 0.1) is 12.7 Å². The fourth-order valence-electron chi connectivity index (χ4n) is 4.83. The number of fused-ring (bicyclic) bond motifs is 1. The smallest absolute Gasteiger partial charge is 0.239 e. The third-order valence-electron chi connectivity index (χ3n) is 7.29. The monoisotopic (exact) mass is 610 g/mol. The normalized spacial score (nSPS) is 32.9. The van der Waals surface area contributed by atoms with Crippen molar-refractivity contribution in [2.24, 2.45) is 0 Å². The lowest BCUT2D eigenvalue weighted by Gasteiger charge is -2.39. The summed E-state index contributed by atoms with van der Waals surface area (Å²) in [4.78, 5) is 13.9. The average Bonchev–Trinajstić information content (AvgIpc) is 2.97. The molecule has 5 rings (SSSR count). The topological polar surface area (TPSA) is 269 Å². The Kier molecular flexibility index (Phi) is 8.41. The number of benzene rings is 2. The minimum absolute atomic E-state index is 0.0901. The minimum Gasteiger partial charge on any atom is -0.508 e. The van der Waals surface area contributed by atoms with Crippen molar-refractivity contribution in [3.05, 3.63) is 40.6 Å². The van der Waals surface area contributed by atoms with E-state index in [1.807, 2.05) is 0 Å². The van der Waals surface area contributed by atoms with Gasteiger partial charge < -0.3 is 74.4 Å². The van der Waals surface area contributed by atoms with E-state index in [2.05, 4.69) is 0 Å². The largest absolute Gasteiger partial charge is 0.508 e. The lowest BCUT2D eigenvalue weighted by Crippen LogP contribution is -2.60. The maximum atomic E-state index is 13.9. The summed E-state index contributed by atoms with van der Waals surface area (Å²) in [6, 6.07) is 5.81. The second-order valence-electron chi connectivity index (χ2n) is 10.2. The molecule has 1 aromatic heterocycles. The van der Waals surface area contributed by atoms with E-state index in [9.17, 15) is 55.9 Å². The van der Waals surface area contributed by atoms with E-state index in [1.54, 1.807) is 0 Å². The SMILES string of the molecule is CC1OC(Oc2c(-c3ccc(O)cc3)oc3c(OC4OC(CO)C(O)C(O)C4O)c(O)cc(O)c3c2=O)C(O)C(O)C1O. The summed E-state index contributed by atoms with van der Waals surface area (Å²) in [6.45, 7) is 0.602. The molecule has 234 valence electrons. The van der Waals surface area contributed by atoms with Crippen LogP contribution in [0.5, 0.6) is 28.7 Å². The van der Waals surface area contributed by atoms with E-state index in [4.69, 9.17) is 23.4 Å². The zero-order chi connectivity index (χ0) is 31.3.